The van der Waals surface area contributed by atoms with Crippen molar-refractivity contribution in [2.45, 2.75) is 33.1 Å². The molecule has 1 aliphatic rings. The number of amides is 1. The Labute approximate surface area is 206 Å². The van der Waals surface area contributed by atoms with Crippen molar-refractivity contribution in [3.05, 3.63) is 63.0 Å². The van der Waals surface area contributed by atoms with Gasteiger partial charge in [-0.1, -0.05) is 18.2 Å². The predicted molar refractivity (Wildman–Crippen MR) is 135 cm³/mol. The highest BCUT2D eigenvalue weighted by molar-refractivity contribution is 7.18. The number of benzene rings is 1. The molecule has 182 valence electrons. The average molecular weight is 495 g/mol. The van der Waals surface area contributed by atoms with Crippen LogP contribution in [-0.4, -0.2) is 41.5 Å². The predicted octanol–water partition coefficient (Wildman–Crippen LogP) is 4.97. The van der Waals surface area contributed by atoms with Crippen molar-refractivity contribution in [1.82, 2.24) is 9.97 Å². The van der Waals surface area contributed by atoms with Crippen molar-refractivity contribution in [1.29, 1.82) is 0 Å². The molecule has 2 N–H and O–H groups in total. The Balaban J connectivity index is 1.72. The number of piperidine rings is 1. The zero-order valence-corrected chi connectivity index (χ0v) is 20.4. The summed E-state index contributed by atoms with van der Waals surface area (Å²) >= 11 is 1.01. The second kappa shape index (κ2) is 11.0. The van der Waals surface area contributed by atoms with E-state index in [1.54, 1.807) is 26.0 Å². The quantitative estimate of drug-likeness (QED) is 0.352. The number of aromatic nitrogens is 2. The summed E-state index contributed by atoms with van der Waals surface area (Å²) in [6, 6.07) is 9.01. The van der Waals surface area contributed by atoms with E-state index in [1.807, 2.05) is 23.1 Å². The molecule has 35 heavy (non-hydrogen) atoms. The lowest BCUT2D eigenvalue weighted by Crippen LogP contribution is -2.31. The maximum Gasteiger partial charge on any atom is 0.341 e. The number of hydrogen-bond donors (Lipinski definition) is 2. The summed E-state index contributed by atoms with van der Waals surface area (Å²) in [6.07, 6.45) is 4.47. The van der Waals surface area contributed by atoms with Gasteiger partial charge in [-0.3, -0.25) is 9.59 Å². The number of carbonyl (C=O) groups excluding carboxylic acids is 2. The Morgan fingerprint density at radius 3 is 2.63 bits per heavy atom. The van der Waals surface area contributed by atoms with Crippen LogP contribution in [0, 0.1) is 6.92 Å². The minimum Gasteiger partial charge on any atom is -0.462 e. The SMILES string of the molecule is CCOC(=O)c1c(N=Nc2c(N3CCCCC3)nc[nH]c2=O)sc(C(=O)Nc2ccccc2)c1C. The summed E-state index contributed by atoms with van der Waals surface area (Å²) in [5.74, 6) is -0.533. The number of aromatic amines is 1. The molecular formula is C24H26N6O4S. The first-order chi connectivity index (χ1) is 17.0. The number of anilines is 2. The molecule has 11 heteroatoms. The highest BCUT2D eigenvalue weighted by atomic mass is 32.1. The third kappa shape index (κ3) is 5.46. The van der Waals surface area contributed by atoms with Gasteiger partial charge in [-0.25, -0.2) is 9.78 Å². The molecule has 1 aromatic carbocycles. The van der Waals surface area contributed by atoms with Crippen LogP contribution in [0.3, 0.4) is 0 Å². The van der Waals surface area contributed by atoms with Gasteiger partial charge in [0.05, 0.1) is 17.8 Å². The number of H-pyrrole nitrogens is 1. The maximum atomic E-state index is 13.0. The maximum absolute atomic E-state index is 13.0. The molecule has 0 aliphatic carbocycles. The molecule has 1 fully saturated rings. The van der Waals surface area contributed by atoms with Crippen LogP contribution in [0.15, 0.2) is 51.7 Å². The fourth-order valence-corrected chi connectivity index (χ4v) is 4.86. The topological polar surface area (TPSA) is 129 Å². The van der Waals surface area contributed by atoms with Crippen LogP contribution in [0.5, 0.6) is 0 Å². The number of para-hydroxylation sites is 1. The van der Waals surface area contributed by atoms with Gasteiger partial charge in [0.25, 0.3) is 11.5 Å². The zero-order valence-electron chi connectivity index (χ0n) is 19.5. The first kappa shape index (κ1) is 24.3. The van der Waals surface area contributed by atoms with E-state index in [2.05, 4.69) is 25.5 Å². The molecule has 3 aromatic rings. The number of nitrogens with zero attached hydrogens (tertiary/aromatic N) is 4. The van der Waals surface area contributed by atoms with E-state index >= 15 is 0 Å². The molecule has 0 unspecified atom stereocenters. The standard InChI is InChI=1S/C24H26N6O4S/c1-3-34-24(33)17-15(2)19(22(32)27-16-10-6-4-7-11-16)35-23(17)29-28-18-20(25-14-26-21(18)31)30-12-8-5-9-13-30/h4,6-7,10-11,14H,3,5,8-9,12-13H2,1-2H3,(H,27,32)(H,25,26,31). The lowest BCUT2D eigenvalue weighted by molar-refractivity contribution is 0.0527. The minimum atomic E-state index is -0.606. The highest BCUT2D eigenvalue weighted by Crippen LogP contribution is 2.38. The number of nitrogens with one attached hydrogen (secondary N) is 2. The van der Waals surface area contributed by atoms with Crippen molar-refractivity contribution < 1.29 is 14.3 Å². The van der Waals surface area contributed by atoms with E-state index in [0.29, 0.717) is 21.9 Å². The van der Waals surface area contributed by atoms with Crippen molar-refractivity contribution in [2.75, 3.05) is 29.9 Å². The number of esters is 1. The summed E-state index contributed by atoms with van der Waals surface area (Å²) in [5.41, 5.74) is 0.841. The Morgan fingerprint density at radius 2 is 1.91 bits per heavy atom. The smallest absolute Gasteiger partial charge is 0.341 e. The summed E-state index contributed by atoms with van der Waals surface area (Å²) in [6.45, 7) is 5.07. The van der Waals surface area contributed by atoms with E-state index in [0.717, 1.165) is 43.7 Å². The van der Waals surface area contributed by atoms with Gasteiger partial charge in [-0.05, 0) is 50.8 Å². The molecule has 0 spiro atoms. The molecule has 4 rings (SSSR count). The average Bonchev–Trinajstić information content (AvgIpc) is 3.20. The molecule has 3 heterocycles. The Kier molecular flexibility index (Phi) is 7.66. The molecule has 1 amide bonds. The van der Waals surface area contributed by atoms with Gasteiger partial charge in [-0.15, -0.1) is 21.6 Å². The largest absolute Gasteiger partial charge is 0.462 e. The molecule has 0 saturated carbocycles. The molecule has 1 aliphatic heterocycles. The van der Waals surface area contributed by atoms with Crippen LogP contribution in [0.1, 0.15) is 51.8 Å². The number of hydrogen-bond acceptors (Lipinski definition) is 9. The Bertz CT molecular complexity index is 1300. The molecule has 0 radical (unpaired) electrons. The molecule has 2 aromatic heterocycles. The lowest BCUT2D eigenvalue weighted by atomic mass is 10.1. The number of ether oxygens (including phenoxy) is 1. The van der Waals surface area contributed by atoms with Crippen LogP contribution in [-0.2, 0) is 4.74 Å². The number of thiophene rings is 1. The van der Waals surface area contributed by atoms with Gasteiger partial charge in [0.1, 0.15) is 5.56 Å². The van der Waals surface area contributed by atoms with Gasteiger partial charge in [0.15, 0.2) is 16.5 Å². The second-order valence-electron chi connectivity index (χ2n) is 7.93. The Hall–Kier alpha value is -3.86. The third-order valence-corrected chi connectivity index (χ3v) is 6.73. The minimum absolute atomic E-state index is 0.0607. The molecule has 1 saturated heterocycles. The van der Waals surface area contributed by atoms with Gasteiger partial charge in [0.2, 0.25) is 0 Å². The fourth-order valence-electron chi connectivity index (χ4n) is 3.84. The molecule has 0 bridgehead atoms. The molecular weight excluding hydrogens is 468 g/mol. The molecule has 0 atom stereocenters. The van der Waals surface area contributed by atoms with Crippen molar-refractivity contribution in [2.24, 2.45) is 10.2 Å². The highest BCUT2D eigenvalue weighted by Gasteiger charge is 2.26. The van der Waals surface area contributed by atoms with E-state index in [4.69, 9.17) is 4.74 Å². The van der Waals surface area contributed by atoms with E-state index in [1.165, 1.54) is 6.33 Å². The van der Waals surface area contributed by atoms with Gasteiger partial charge in [-0.2, -0.15) is 0 Å². The fraction of sp³-hybridized carbons (Fsp3) is 0.333. The monoisotopic (exact) mass is 494 g/mol. The third-order valence-electron chi connectivity index (χ3n) is 5.55. The van der Waals surface area contributed by atoms with Gasteiger partial charge in [0, 0.05) is 18.8 Å². The van der Waals surface area contributed by atoms with Crippen molar-refractivity contribution >= 4 is 45.4 Å². The molecule has 10 nitrogen and oxygen atoms in total. The summed E-state index contributed by atoms with van der Waals surface area (Å²) in [7, 11) is 0. The summed E-state index contributed by atoms with van der Waals surface area (Å²) < 4.78 is 5.20. The van der Waals surface area contributed by atoms with Gasteiger partial charge < -0.3 is 19.9 Å². The summed E-state index contributed by atoms with van der Waals surface area (Å²) in [5, 5.41) is 11.5. The zero-order chi connectivity index (χ0) is 24.8. The van der Waals surface area contributed by atoms with Crippen LogP contribution in [0.4, 0.5) is 22.2 Å². The van der Waals surface area contributed by atoms with Crippen LogP contribution < -0.4 is 15.8 Å². The first-order valence-electron chi connectivity index (χ1n) is 11.4. The normalized spacial score (nSPS) is 13.7. The Morgan fingerprint density at radius 1 is 1.17 bits per heavy atom. The van der Waals surface area contributed by atoms with Crippen LogP contribution in [0.25, 0.3) is 0 Å². The van der Waals surface area contributed by atoms with E-state index in [-0.39, 0.29) is 28.8 Å². The first-order valence-corrected chi connectivity index (χ1v) is 12.2. The second-order valence-corrected chi connectivity index (χ2v) is 8.93. The van der Waals surface area contributed by atoms with Gasteiger partial charge >= 0.3 is 5.97 Å². The summed E-state index contributed by atoms with van der Waals surface area (Å²) in [4.78, 5) is 47.5. The number of azo groups is 1. The lowest BCUT2D eigenvalue weighted by Gasteiger charge is -2.27. The number of rotatable bonds is 7. The van der Waals surface area contributed by atoms with E-state index < -0.39 is 11.5 Å². The van der Waals surface area contributed by atoms with Crippen LogP contribution >= 0.6 is 11.3 Å². The van der Waals surface area contributed by atoms with E-state index in [9.17, 15) is 14.4 Å². The number of carbonyl (C=O) groups is 2. The van der Waals surface area contributed by atoms with Crippen LogP contribution in [0.2, 0.25) is 0 Å². The van der Waals surface area contributed by atoms with Crippen molar-refractivity contribution in [3.63, 3.8) is 0 Å². The van der Waals surface area contributed by atoms with Crippen molar-refractivity contribution in [3.8, 4) is 0 Å².